The van der Waals surface area contributed by atoms with Crippen LogP contribution in [-0.2, 0) is 0 Å². The van der Waals surface area contributed by atoms with Gasteiger partial charge in [0.2, 0.25) is 0 Å². The molecule has 3 N–H and O–H groups in total. The van der Waals surface area contributed by atoms with Gasteiger partial charge in [-0.3, -0.25) is 0 Å². The van der Waals surface area contributed by atoms with Crippen LogP contribution in [0.25, 0.3) is 0 Å². The Morgan fingerprint density at radius 3 is 2.56 bits per heavy atom. The van der Waals surface area contributed by atoms with Crippen LogP contribution in [0.2, 0.25) is 0 Å². The van der Waals surface area contributed by atoms with Gasteiger partial charge in [-0.2, -0.15) is 0 Å². The molecule has 0 heterocycles. The summed E-state index contributed by atoms with van der Waals surface area (Å²) in [5.41, 5.74) is 4.85. The molecular formula is C11H8F3NO3. The van der Waals surface area contributed by atoms with Crippen LogP contribution in [0.1, 0.15) is 15.9 Å². The molecule has 1 aromatic carbocycles. The molecule has 7 heteroatoms. The molecule has 96 valence electrons. The molecule has 18 heavy (non-hydrogen) atoms. The number of hydrogen-bond donors (Lipinski definition) is 2. The summed E-state index contributed by atoms with van der Waals surface area (Å²) < 4.78 is 39.7. The number of carbonyl (C=O) groups is 1. The minimum Gasteiger partial charge on any atom is -0.478 e. The highest BCUT2D eigenvalue weighted by molar-refractivity contribution is 5.88. The molecule has 0 fully saturated rings. The van der Waals surface area contributed by atoms with E-state index in [-0.39, 0.29) is 17.7 Å². The van der Waals surface area contributed by atoms with Crippen molar-refractivity contribution in [3.05, 3.63) is 29.3 Å². The Labute approximate surface area is 100 Å². The number of aromatic carboxylic acids is 1. The zero-order valence-electron chi connectivity index (χ0n) is 8.91. The standard InChI is InChI=1S/C11H8F3NO3/c12-11(13,14)18-9-5-7(2-1-3-15)4-8(6-9)10(16)17/h4-6H,3,15H2,(H,16,17). The summed E-state index contributed by atoms with van der Waals surface area (Å²) in [6.07, 6.45) is -4.89. The molecule has 0 spiro atoms. The van der Waals surface area contributed by atoms with E-state index < -0.39 is 18.1 Å². The van der Waals surface area contributed by atoms with Gasteiger partial charge < -0.3 is 15.6 Å². The van der Waals surface area contributed by atoms with E-state index in [0.717, 1.165) is 18.2 Å². The largest absolute Gasteiger partial charge is 0.573 e. The quantitative estimate of drug-likeness (QED) is 0.791. The van der Waals surface area contributed by atoms with Gasteiger partial charge in [-0.15, -0.1) is 13.2 Å². The van der Waals surface area contributed by atoms with Gasteiger partial charge in [0.1, 0.15) is 5.75 Å². The molecule has 1 aromatic rings. The van der Waals surface area contributed by atoms with Crippen molar-refractivity contribution < 1.29 is 27.8 Å². The Hall–Kier alpha value is -2.20. The average Bonchev–Trinajstić information content (AvgIpc) is 2.23. The normalized spacial score (nSPS) is 10.4. The summed E-state index contributed by atoms with van der Waals surface area (Å²) >= 11 is 0. The zero-order chi connectivity index (χ0) is 13.8. The van der Waals surface area contributed by atoms with Crippen LogP contribution in [-0.4, -0.2) is 24.0 Å². The van der Waals surface area contributed by atoms with Crippen LogP contribution >= 0.6 is 0 Å². The first-order valence-electron chi connectivity index (χ1n) is 4.65. The summed E-state index contributed by atoms with van der Waals surface area (Å²) in [6, 6.07) is 2.89. The number of alkyl halides is 3. The highest BCUT2D eigenvalue weighted by Gasteiger charge is 2.31. The minimum atomic E-state index is -4.89. The lowest BCUT2D eigenvalue weighted by Gasteiger charge is -2.09. The molecule has 0 unspecified atom stereocenters. The van der Waals surface area contributed by atoms with E-state index in [1.54, 1.807) is 0 Å². The molecule has 1 rings (SSSR count). The van der Waals surface area contributed by atoms with E-state index in [1.807, 2.05) is 0 Å². The first-order chi connectivity index (χ1) is 8.31. The summed E-state index contributed by atoms with van der Waals surface area (Å²) in [4.78, 5) is 10.7. The third kappa shape index (κ3) is 4.35. The molecule has 0 bridgehead atoms. The van der Waals surface area contributed by atoms with Gasteiger partial charge in [0.25, 0.3) is 0 Å². The van der Waals surface area contributed by atoms with Gasteiger partial charge in [-0.1, -0.05) is 11.8 Å². The molecule has 0 radical (unpaired) electrons. The van der Waals surface area contributed by atoms with Crippen molar-refractivity contribution in [3.8, 4) is 17.6 Å². The predicted octanol–water partition coefficient (Wildman–Crippen LogP) is 1.59. The lowest BCUT2D eigenvalue weighted by molar-refractivity contribution is -0.274. The number of rotatable bonds is 2. The molecule has 0 aliphatic carbocycles. The summed E-state index contributed by atoms with van der Waals surface area (Å²) in [5, 5.41) is 8.75. The number of nitrogens with two attached hydrogens (primary N) is 1. The number of benzene rings is 1. The van der Waals surface area contributed by atoms with E-state index in [1.165, 1.54) is 0 Å². The van der Waals surface area contributed by atoms with Gasteiger partial charge >= 0.3 is 12.3 Å². The monoisotopic (exact) mass is 259 g/mol. The summed E-state index contributed by atoms with van der Waals surface area (Å²) in [6.45, 7) is 0.00671. The van der Waals surface area contributed by atoms with Gasteiger partial charge in [0, 0.05) is 5.56 Å². The molecule has 0 atom stereocenters. The Bertz CT molecular complexity index is 514. The van der Waals surface area contributed by atoms with Crippen LogP contribution in [0, 0.1) is 11.8 Å². The fourth-order valence-corrected chi connectivity index (χ4v) is 1.14. The number of carboxylic acid groups (broad SMARTS) is 1. The number of ether oxygens (including phenoxy) is 1. The van der Waals surface area contributed by atoms with Crippen molar-refractivity contribution in [2.45, 2.75) is 6.36 Å². The number of hydrogen-bond acceptors (Lipinski definition) is 3. The molecule has 0 amide bonds. The molecule has 4 nitrogen and oxygen atoms in total. The maximum absolute atomic E-state index is 12.0. The summed E-state index contributed by atoms with van der Waals surface area (Å²) in [5.74, 6) is 2.84. The zero-order valence-corrected chi connectivity index (χ0v) is 8.91. The predicted molar refractivity (Wildman–Crippen MR) is 56.0 cm³/mol. The lowest BCUT2D eigenvalue weighted by atomic mass is 10.1. The smallest absolute Gasteiger partial charge is 0.478 e. The van der Waals surface area contributed by atoms with Crippen LogP contribution in [0.15, 0.2) is 18.2 Å². The second-order valence-electron chi connectivity index (χ2n) is 3.10. The van der Waals surface area contributed by atoms with Crippen molar-refractivity contribution in [2.24, 2.45) is 5.73 Å². The second-order valence-corrected chi connectivity index (χ2v) is 3.10. The molecule has 0 aliphatic rings. The van der Waals surface area contributed by atoms with Gasteiger partial charge in [0.15, 0.2) is 0 Å². The van der Waals surface area contributed by atoms with Crippen molar-refractivity contribution in [2.75, 3.05) is 6.54 Å². The first kappa shape index (κ1) is 13.9. The van der Waals surface area contributed by atoms with E-state index in [2.05, 4.69) is 16.6 Å². The van der Waals surface area contributed by atoms with Crippen LogP contribution in [0.3, 0.4) is 0 Å². The van der Waals surface area contributed by atoms with Crippen molar-refractivity contribution in [1.82, 2.24) is 0 Å². The van der Waals surface area contributed by atoms with E-state index in [9.17, 15) is 18.0 Å². The number of halogens is 3. The second kappa shape index (κ2) is 5.42. The third-order valence-corrected chi connectivity index (χ3v) is 1.72. The van der Waals surface area contributed by atoms with Crippen molar-refractivity contribution in [3.63, 3.8) is 0 Å². The maximum atomic E-state index is 12.0. The highest BCUT2D eigenvalue weighted by atomic mass is 19.4. The SMILES string of the molecule is NCC#Cc1cc(OC(F)(F)F)cc(C(=O)O)c1. The van der Waals surface area contributed by atoms with Gasteiger partial charge in [-0.25, -0.2) is 4.79 Å². The average molecular weight is 259 g/mol. The lowest BCUT2D eigenvalue weighted by Crippen LogP contribution is -2.17. The van der Waals surface area contributed by atoms with E-state index in [4.69, 9.17) is 10.8 Å². The van der Waals surface area contributed by atoms with Crippen molar-refractivity contribution in [1.29, 1.82) is 0 Å². The molecular weight excluding hydrogens is 251 g/mol. The topological polar surface area (TPSA) is 72.5 Å². The molecule has 0 aliphatic heterocycles. The fraction of sp³-hybridized carbons (Fsp3) is 0.182. The number of carboxylic acids is 1. The molecule has 0 aromatic heterocycles. The highest BCUT2D eigenvalue weighted by Crippen LogP contribution is 2.24. The van der Waals surface area contributed by atoms with Crippen molar-refractivity contribution >= 4 is 5.97 Å². The Balaban J connectivity index is 3.18. The Morgan fingerprint density at radius 2 is 2.06 bits per heavy atom. The summed E-state index contributed by atoms with van der Waals surface area (Å²) in [7, 11) is 0. The van der Waals surface area contributed by atoms with Crippen LogP contribution in [0.4, 0.5) is 13.2 Å². The minimum absolute atomic E-state index is 0.00671. The van der Waals surface area contributed by atoms with Gasteiger partial charge in [-0.05, 0) is 18.2 Å². The Morgan fingerprint density at radius 1 is 1.39 bits per heavy atom. The van der Waals surface area contributed by atoms with Gasteiger partial charge in [0.05, 0.1) is 12.1 Å². The third-order valence-electron chi connectivity index (χ3n) is 1.72. The van der Waals surface area contributed by atoms with E-state index in [0.29, 0.717) is 0 Å². The van der Waals surface area contributed by atoms with E-state index >= 15 is 0 Å². The maximum Gasteiger partial charge on any atom is 0.573 e. The van der Waals surface area contributed by atoms with Crippen LogP contribution in [0.5, 0.6) is 5.75 Å². The fourth-order valence-electron chi connectivity index (χ4n) is 1.14. The molecule has 0 saturated carbocycles. The molecule has 0 saturated heterocycles. The van der Waals surface area contributed by atoms with Crippen LogP contribution < -0.4 is 10.5 Å². The Kier molecular flexibility index (Phi) is 4.18. The first-order valence-corrected chi connectivity index (χ1v) is 4.65.